The normalized spacial score (nSPS) is 30.6. The fourth-order valence-corrected chi connectivity index (χ4v) is 6.61. The van der Waals surface area contributed by atoms with Gasteiger partial charge in [0.1, 0.15) is 0 Å². The monoisotopic (exact) mass is 455 g/mol. The Hall–Kier alpha value is -2.19. The van der Waals surface area contributed by atoms with Crippen LogP contribution in [0.2, 0.25) is 0 Å². The minimum Gasteiger partial charge on any atom is -0.505 e. The molecule has 5 rings (SSSR count). The van der Waals surface area contributed by atoms with Gasteiger partial charge in [0.05, 0.1) is 17.9 Å². The maximum absolute atomic E-state index is 14.0. The molecule has 6 nitrogen and oxygen atoms in total. The van der Waals surface area contributed by atoms with Gasteiger partial charge in [-0.2, -0.15) is 0 Å². The summed E-state index contributed by atoms with van der Waals surface area (Å²) in [6, 6.07) is 4.04. The quantitative estimate of drug-likeness (QED) is 0.528. The maximum Gasteiger partial charge on any atom is 0.487 e. The highest BCUT2D eigenvalue weighted by molar-refractivity contribution is 6.53. The zero-order valence-electron chi connectivity index (χ0n) is 19.0. The number of amides is 2. The average molecular weight is 455 g/mol. The highest BCUT2D eigenvalue weighted by Crippen LogP contribution is 2.53. The summed E-state index contributed by atoms with van der Waals surface area (Å²) >= 11 is 0. The molecule has 1 aromatic carbocycles. The summed E-state index contributed by atoms with van der Waals surface area (Å²) in [5.74, 6) is -2.58. The van der Waals surface area contributed by atoms with E-state index in [1.165, 1.54) is 12.1 Å². The van der Waals surface area contributed by atoms with Crippen molar-refractivity contribution in [2.24, 2.45) is 17.8 Å². The summed E-state index contributed by atoms with van der Waals surface area (Å²) in [5.41, 5.74) is 2.28. The van der Waals surface area contributed by atoms with E-state index >= 15 is 0 Å². The number of halogens is 1. The Balaban J connectivity index is 1.50. The van der Waals surface area contributed by atoms with Crippen LogP contribution in [0.15, 0.2) is 29.2 Å². The van der Waals surface area contributed by atoms with Crippen molar-refractivity contribution in [3.63, 3.8) is 0 Å². The van der Waals surface area contributed by atoms with Crippen LogP contribution in [0, 0.1) is 23.6 Å². The second-order valence-electron chi connectivity index (χ2n) is 10.0. The summed E-state index contributed by atoms with van der Waals surface area (Å²) in [6.45, 7) is 2.06. The third-order valence-electron chi connectivity index (χ3n) is 8.08. The third-order valence-corrected chi connectivity index (χ3v) is 8.08. The SMILES string of the molecule is CCCC1=C2B(O)O[C@H](c3ccc(O)c(F)c3)C[C@H]2[C@H]2C(=O)N(C3CCCCC3)C(=O)[C@H]2C1. The highest BCUT2D eigenvalue weighted by Gasteiger charge is 2.58. The summed E-state index contributed by atoms with van der Waals surface area (Å²) in [7, 11) is -1.19. The first-order chi connectivity index (χ1) is 15.9. The van der Waals surface area contributed by atoms with Gasteiger partial charge >= 0.3 is 7.12 Å². The van der Waals surface area contributed by atoms with E-state index in [0.717, 1.165) is 56.0 Å². The van der Waals surface area contributed by atoms with Gasteiger partial charge in [0.2, 0.25) is 11.8 Å². The van der Waals surface area contributed by atoms with Gasteiger partial charge in [-0.05, 0) is 61.2 Å². The molecule has 0 bridgehead atoms. The molecule has 0 radical (unpaired) electrons. The van der Waals surface area contributed by atoms with Crippen molar-refractivity contribution in [1.82, 2.24) is 4.90 Å². The van der Waals surface area contributed by atoms with Crippen molar-refractivity contribution in [2.45, 2.75) is 76.9 Å². The lowest BCUT2D eigenvalue weighted by Gasteiger charge is -2.42. The number of imide groups is 1. The van der Waals surface area contributed by atoms with E-state index in [4.69, 9.17) is 4.65 Å². The van der Waals surface area contributed by atoms with Gasteiger partial charge in [-0.25, -0.2) is 4.39 Å². The molecule has 33 heavy (non-hydrogen) atoms. The van der Waals surface area contributed by atoms with Crippen molar-refractivity contribution >= 4 is 18.9 Å². The third kappa shape index (κ3) is 3.81. The number of benzene rings is 1. The van der Waals surface area contributed by atoms with Crippen LogP contribution in [0.1, 0.15) is 76.4 Å². The average Bonchev–Trinajstić information content (AvgIpc) is 3.06. The number of allylic oxidation sites excluding steroid dienone is 2. The Kier molecular flexibility index (Phi) is 6.08. The van der Waals surface area contributed by atoms with E-state index in [9.17, 15) is 24.1 Å². The van der Waals surface area contributed by atoms with Crippen LogP contribution < -0.4 is 0 Å². The number of rotatable bonds is 4. The Morgan fingerprint density at radius 2 is 1.91 bits per heavy atom. The first-order valence-corrected chi connectivity index (χ1v) is 12.3. The van der Waals surface area contributed by atoms with E-state index in [2.05, 4.69) is 6.92 Å². The second kappa shape index (κ2) is 8.87. The molecule has 4 atom stereocenters. The molecule has 176 valence electrons. The second-order valence-corrected chi connectivity index (χ2v) is 10.0. The predicted octanol–water partition coefficient (Wildman–Crippen LogP) is 4.06. The molecule has 0 spiro atoms. The maximum atomic E-state index is 14.0. The minimum absolute atomic E-state index is 0.0193. The molecule has 0 aromatic heterocycles. The number of aromatic hydroxyl groups is 1. The van der Waals surface area contributed by atoms with E-state index in [1.807, 2.05) is 0 Å². The Morgan fingerprint density at radius 3 is 2.61 bits per heavy atom. The van der Waals surface area contributed by atoms with Gasteiger partial charge in [0.15, 0.2) is 11.6 Å². The predicted molar refractivity (Wildman–Crippen MR) is 120 cm³/mol. The minimum atomic E-state index is -1.19. The van der Waals surface area contributed by atoms with Crippen molar-refractivity contribution < 1.29 is 28.8 Å². The van der Waals surface area contributed by atoms with Crippen LogP contribution >= 0.6 is 0 Å². The molecule has 2 heterocycles. The zero-order valence-corrected chi connectivity index (χ0v) is 19.0. The molecular weight excluding hydrogens is 424 g/mol. The van der Waals surface area contributed by atoms with Crippen LogP contribution in [0.3, 0.4) is 0 Å². The van der Waals surface area contributed by atoms with Crippen molar-refractivity contribution in [1.29, 1.82) is 0 Å². The van der Waals surface area contributed by atoms with Gasteiger partial charge in [-0.1, -0.05) is 44.2 Å². The van der Waals surface area contributed by atoms with Crippen LogP contribution in [-0.4, -0.2) is 40.0 Å². The van der Waals surface area contributed by atoms with Gasteiger partial charge in [0.25, 0.3) is 0 Å². The summed E-state index contributed by atoms with van der Waals surface area (Å²) in [4.78, 5) is 28.7. The van der Waals surface area contributed by atoms with Gasteiger partial charge in [0, 0.05) is 6.04 Å². The standard InChI is InChI=1S/C25H31BFNO5/c1-2-6-15-11-18-22(25(31)28(24(18)30)16-7-4-3-5-8-16)17-13-21(33-26(32)23(15)17)14-9-10-20(29)19(27)12-14/h9-10,12,16-18,21-22,29,32H,2-8,11,13H2,1H3/t17-,18-,21-,22+/m0/s1. The zero-order chi connectivity index (χ0) is 23.3. The smallest absolute Gasteiger partial charge is 0.487 e. The van der Waals surface area contributed by atoms with Gasteiger partial charge in [-0.3, -0.25) is 14.5 Å². The molecule has 1 aromatic rings. The molecule has 1 saturated carbocycles. The molecule has 2 N–H and O–H groups in total. The number of fused-ring (bicyclic) bond motifs is 3. The molecule has 0 unspecified atom stereocenters. The van der Waals surface area contributed by atoms with Gasteiger partial charge in [-0.15, -0.1) is 0 Å². The Bertz CT molecular complexity index is 991. The molecule has 2 aliphatic carbocycles. The highest BCUT2D eigenvalue weighted by atomic mass is 19.1. The van der Waals surface area contributed by atoms with E-state index in [0.29, 0.717) is 18.4 Å². The summed E-state index contributed by atoms with van der Waals surface area (Å²) in [5, 5.41) is 20.6. The lowest BCUT2D eigenvalue weighted by molar-refractivity contribution is -0.143. The topological polar surface area (TPSA) is 87.1 Å². The number of carbonyl (C=O) groups is 2. The molecule has 2 saturated heterocycles. The van der Waals surface area contributed by atoms with E-state index < -0.39 is 36.6 Å². The van der Waals surface area contributed by atoms with Gasteiger partial charge < -0.3 is 14.8 Å². The largest absolute Gasteiger partial charge is 0.505 e. The van der Waals surface area contributed by atoms with E-state index in [-0.39, 0.29) is 23.8 Å². The molecule has 8 heteroatoms. The number of hydrogen-bond donors (Lipinski definition) is 2. The van der Waals surface area contributed by atoms with Crippen LogP contribution in [0.5, 0.6) is 5.75 Å². The first-order valence-electron chi connectivity index (χ1n) is 12.3. The molecule has 4 aliphatic rings. The number of hydrogen-bond acceptors (Lipinski definition) is 5. The van der Waals surface area contributed by atoms with Crippen LogP contribution in [0.25, 0.3) is 0 Å². The molecule has 3 fully saturated rings. The first kappa shape index (κ1) is 22.6. The number of phenolic OH excluding ortho intramolecular Hbond substituents is 1. The van der Waals surface area contributed by atoms with E-state index in [1.54, 1.807) is 11.0 Å². The number of phenols is 1. The number of nitrogens with zero attached hydrogens (tertiary/aromatic N) is 1. The van der Waals surface area contributed by atoms with Crippen molar-refractivity contribution in [3.8, 4) is 5.75 Å². The Labute approximate surface area is 193 Å². The fourth-order valence-electron chi connectivity index (χ4n) is 6.61. The van der Waals surface area contributed by atoms with Crippen LogP contribution in [0.4, 0.5) is 4.39 Å². The number of likely N-dealkylation sites (tertiary alicyclic amines) is 1. The summed E-state index contributed by atoms with van der Waals surface area (Å²) < 4.78 is 19.9. The lowest BCUT2D eigenvalue weighted by Crippen LogP contribution is -2.45. The molecule has 2 aliphatic heterocycles. The fraction of sp³-hybridized carbons (Fsp3) is 0.600. The number of carbonyl (C=O) groups excluding carboxylic acids is 2. The summed E-state index contributed by atoms with van der Waals surface area (Å²) in [6.07, 6.45) is 6.82. The van der Waals surface area contributed by atoms with Crippen LogP contribution in [-0.2, 0) is 14.2 Å². The molecular formula is C25H31BFNO5. The lowest BCUT2D eigenvalue weighted by atomic mass is 9.54. The Morgan fingerprint density at radius 1 is 1.15 bits per heavy atom. The van der Waals surface area contributed by atoms with Crippen molar-refractivity contribution in [2.75, 3.05) is 0 Å². The molecule has 2 amide bonds. The van der Waals surface area contributed by atoms with Crippen molar-refractivity contribution in [3.05, 3.63) is 40.6 Å².